The second-order valence-corrected chi connectivity index (χ2v) is 8.94. The molecule has 24 heavy (non-hydrogen) atoms. The van der Waals surface area contributed by atoms with Crippen LogP contribution in [0.25, 0.3) is 10.2 Å². The zero-order chi connectivity index (χ0) is 16.7. The number of amides is 1. The molecule has 1 fully saturated rings. The molecule has 0 N–H and O–H groups in total. The van der Waals surface area contributed by atoms with Crippen molar-refractivity contribution < 1.29 is 4.79 Å². The van der Waals surface area contributed by atoms with Crippen molar-refractivity contribution in [1.29, 1.82) is 0 Å². The lowest BCUT2D eigenvalue weighted by molar-refractivity contribution is 0.0713. The van der Waals surface area contributed by atoms with Gasteiger partial charge in [0.25, 0.3) is 5.91 Å². The molecule has 3 nitrogen and oxygen atoms in total. The summed E-state index contributed by atoms with van der Waals surface area (Å²) >= 11 is 3.51. The first-order valence-corrected chi connectivity index (χ1v) is 9.97. The highest BCUT2D eigenvalue weighted by Crippen LogP contribution is 2.34. The molecule has 0 radical (unpaired) electrons. The number of hydrogen-bond acceptors (Lipinski definition) is 4. The van der Waals surface area contributed by atoms with Gasteiger partial charge in [0, 0.05) is 28.8 Å². The fourth-order valence-electron chi connectivity index (χ4n) is 3.41. The Labute approximate surface area is 150 Å². The van der Waals surface area contributed by atoms with Gasteiger partial charge in [0.2, 0.25) is 0 Å². The number of para-hydroxylation sites is 1. The molecule has 0 aliphatic carbocycles. The first-order chi connectivity index (χ1) is 11.6. The van der Waals surface area contributed by atoms with Crippen LogP contribution in [-0.2, 0) is 0 Å². The Morgan fingerprint density at radius 3 is 2.58 bits per heavy atom. The molecule has 0 saturated carbocycles. The molecule has 1 saturated heterocycles. The number of piperidine rings is 1. The van der Waals surface area contributed by atoms with E-state index >= 15 is 0 Å². The van der Waals surface area contributed by atoms with Gasteiger partial charge in [-0.2, -0.15) is 0 Å². The molecule has 1 aromatic carbocycles. The van der Waals surface area contributed by atoms with E-state index in [9.17, 15) is 4.79 Å². The van der Waals surface area contributed by atoms with Crippen LogP contribution in [0.5, 0.6) is 0 Å². The number of carbonyl (C=O) groups excluding carboxylic acids is 1. The Morgan fingerprint density at radius 2 is 1.92 bits per heavy atom. The third kappa shape index (κ3) is 2.87. The van der Waals surface area contributed by atoms with Crippen molar-refractivity contribution >= 4 is 38.8 Å². The van der Waals surface area contributed by atoms with Crippen molar-refractivity contribution in [3.05, 3.63) is 50.7 Å². The highest BCUT2D eigenvalue weighted by atomic mass is 32.1. The molecule has 2 aromatic heterocycles. The van der Waals surface area contributed by atoms with Crippen LogP contribution in [0, 0.1) is 13.8 Å². The lowest BCUT2D eigenvalue weighted by Crippen LogP contribution is -2.38. The Balaban J connectivity index is 1.46. The molecule has 3 heterocycles. The smallest absolute Gasteiger partial charge is 0.254 e. The van der Waals surface area contributed by atoms with E-state index in [0.717, 1.165) is 41.9 Å². The van der Waals surface area contributed by atoms with Gasteiger partial charge >= 0.3 is 0 Å². The summed E-state index contributed by atoms with van der Waals surface area (Å²) in [5, 5.41) is 1.23. The lowest BCUT2D eigenvalue weighted by Gasteiger charge is -2.31. The molecule has 1 amide bonds. The van der Waals surface area contributed by atoms with Crippen LogP contribution < -0.4 is 0 Å². The number of thiophene rings is 1. The number of rotatable bonds is 2. The molecule has 1 aliphatic heterocycles. The molecule has 0 unspecified atom stereocenters. The molecule has 124 valence electrons. The van der Waals surface area contributed by atoms with Crippen molar-refractivity contribution in [3.8, 4) is 0 Å². The maximum absolute atomic E-state index is 12.7. The predicted molar refractivity (Wildman–Crippen MR) is 101 cm³/mol. The van der Waals surface area contributed by atoms with Gasteiger partial charge in [0.1, 0.15) is 0 Å². The zero-order valence-corrected chi connectivity index (χ0v) is 15.5. The van der Waals surface area contributed by atoms with Crippen LogP contribution in [0.2, 0.25) is 0 Å². The van der Waals surface area contributed by atoms with E-state index in [1.54, 1.807) is 22.7 Å². The third-order valence-electron chi connectivity index (χ3n) is 4.71. The van der Waals surface area contributed by atoms with E-state index < -0.39 is 0 Å². The van der Waals surface area contributed by atoms with Crippen molar-refractivity contribution in [2.24, 2.45) is 0 Å². The van der Waals surface area contributed by atoms with E-state index in [2.05, 4.69) is 25.1 Å². The maximum Gasteiger partial charge on any atom is 0.254 e. The van der Waals surface area contributed by atoms with E-state index in [1.165, 1.54) is 14.6 Å². The van der Waals surface area contributed by atoms with Crippen LogP contribution in [0.1, 0.15) is 43.9 Å². The number of aromatic nitrogens is 1. The predicted octanol–water partition coefficient (Wildman–Crippen LogP) is 4.99. The van der Waals surface area contributed by atoms with E-state index in [1.807, 2.05) is 24.0 Å². The standard InChI is InChI=1S/C19H20N2OS2/c1-12-11-15(13(2)23-12)19(22)21-9-7-14(8-10-21)18-20-16-5-3-4-6-17(16)24-18/h3-6,11,14H,7-10H2,1-2H3. The summed E-state index contributed by atoms with van der Waals surface area (Å²) in [5.41, 5.74) is 1.98. The zero-order valence-electron chi connectivity index (χ0n) is 13.9. The first-order valence-electron chi connectivity index (χ1n) is 8.33. The Bertz CT molecular complexity index is 855. The topological polar surface area (TPSA) is 33.2 Å². The lowest BCUT2D eigenvalue weighted by atomic mass is 9.97. The van der Waals surface area contributed by atoms with Crippen LogP contribution in [0.3, 0.4) is 0 Å². The summed E-state index contributed by atoms with van der Waals surface area (Å²) in [5.74, 6) is 0.677. The average Bonchev–Trinajstić information content (AvgIpc) is 3.17. The van der Waals surface area contributed by atoms with Crippen molar-refractivity contribution in [3.63, 3.8) is 0 Å². The van der Waals surface area contributed by atoms with Gasteiger partial charge in [-0.1, -0.05) is 12.1 Å². The molecule has 3 aromatic rings. The highest BCUT2D eigenvalue weighted by molar-refractivity contribution is 7.18. The second-order valence-electron chi connectivity index (χ2n) is 6.41. The molecule has 1 aliphatic rings. The molecule has 0 spiro atoms. The number of benzene rings is 1. The second kappa shape index (κ2) is 6.30. The SMILES string of the molecule is Cc1cc(C(=O)N2CCC(c3nc4ccccc4s3)CC2)c(C)s1. The minimum absolute atomic E-state index is 0.194. The van der Waals surface area contributed by atoms with Crippen LogP contribution in [0.15, 0.2) is 30.3 Å². The number of aryl methyl sites for hydroxylation is 2. The van der Waals surface area contributed by atoms with Crippen LogP contribution in [-0.4, -0.2) is 28.9 Å². The summed E-state index contributed by atoms with van der Waals surface area (Å²) in [7, 11) is 0. The van der Waals surface area contributed by atoms with E-state index in [0.29, 0.717) is 5.92 Å². The van der Waals surface area contributed by atoms with Crippen molar-refractivity contribution in [2.45, 2.75) is 32.6 Å². The van der Waals surface area contributed by atoms with E-state index in [4.69, 9.17) is 4.98 Å². The normalized spacial score (nSPS) is 16.0. The fourth-order valence-corrected chi connectivity index (χ4v) is 5.46. The Kier molecular flexibility index (Phi) is 4.14. The number of carbonyl (C=O) groups is 1. The number of thiazole rings is 1. The number of hydrogen-bond donors (Lipinski definition) is 0. The van der Waals surface area contributed by atoms with Gasteiger partial charge < -0.3 is 4.90 Å². The van der Waals surface area contributed by atoms with Gasteiger partial charge in [-0.15, -0.1) is 22.7 Å². The molecule has 5 heteroatoms. The van der Waals surface area contributed by atoms with Crippen LogP contribution in [0.4, 0.5) is 0 Å². The van der Waals surface area contributed by atoms with Crippen LogP contribution >= 0.6 is 22.7 Å². The minimum atomic E-state index is 0.194. The van der Waals surface area contributed by atoms with Gasteiger partial charge in [-0.05, 0) is 44.9 Å². The molecular weight excluding hydrogens is 336 g/mol. The number of fused-ring (bicyclic) bond motifs is 1. The summed E-state index contributed by atoms with van der Waals surface area (Å²) in [6, 6.07) is 10.4. The van der Waals surface area contributed by atoms with Crippen molar-refractivity contribution in [2.75, 3.05) is 13.1 Å². The van der Waals surface area contributed by atoms with E-state index in [-0.39, 0.29) is 5.91 Å². The fraction of sp³-hybridized carbons (Fsp3) is 0.368. The Hall–Kier alpha value is -1.72. The van der Waals surface area contributed by atoms with Crippen molar-refractivity contribution in [1.82, 2.24) is 9.88 Å². The highest BCUT2D eigenvalue weighted by Gasteiger charge is 2.27. The largest absolute Gasteiger partial charge is 0.339 e. The van der Waals surface area contributed by atoms with Gasteiger partial charge in [0.05, 0.1) is 20.8 Å². The molecule has 4 rings (SSSR count). The third-order valence-corrected chi connectivity index (χ3v) is 6.88. The first kappa shape index (κ1) is 15.8. The number of likely N-dealkylation sites (tertiary alicyclic amines) is 1. The summed E-state index contributed by atoms with van der Waals surface area (Å²) in [6.07, 6.45) is 2.02. The summed E-state index contributed by atoms with van der Waals surface area (Å²) in [6.45, 7) is 5.76. The average molecular weight is 357 g/mol. The minimum Gasteiger partial charge on any atom is -0.339 e. The van der Waals surface area contributed by atoms with Gasteiger partial charge in [-0.3, -0.25) is 4.79 Å². The maximum atomic E-state index is 12.7. The Morgan fingerprint density at radius 1 is 1.17 bits per heavy atom. The summed E-state index contributed by atoms with van der Waals surface area (Å²) in [4.78, 5) is 21.9. The molecule has 0 atom stereocenters. The molecular formula is C19H20N2OS2. The summed E-state index contributed by atoms with van der Waals surface area (Å²) < 4.78 is 1.26. The number of nitrogens with zero attached hydrogens (tertiary/aromatic N) is 2. The molecule has 0 bridgehead atoms. The van der Waals surface area contributed by atoms with Gasteiger partial charge in [-0.25, -0.2) is 4.98 Å². The monoisotopic (exact) mass is 356 g/mol. The quantitative estimate of drug-likeness (QED) is 0.648. The van der Waals surface area contributed by atoms with Gasteiger partial charge in [0.15, 0.2) is 0 Å².